The van der Waals surface area contributed by atoms with Crippen LogP contribution in [0.1, 0.15) is 36.0 Å². The lowest BCUT2D eigenvalue weighted by Crippen LogP contribution is -2.10. The quantitative estimate of drug-likeness (QED) is 0.789. The number of pyridine rings is 1. The van der Waals surface area contributed by atoms with Gasteiger partial charge in [-0.3, -0.25) is 0 Å². The van der Waals surface area contributed by atoms with E-state index in [-0.39, 0.29) is 11.4 Å². The highest BCUT2D eigenvalue weighted by Gasteiger charge is 2.12. The third-order valence-electron chi connectivity index (χ3n) is 2.96. The van der Waals surface area contributed by atoms with Gasteiger partial charge in [-0.2, -0.15) is 0 Å². The van der Waals surface area contributed by atoms with Crippen molar-refractivity contribution in [3.63, 3.8) is 0 Å². The van der Waals surface area contributed by atoms with Crippen LogP contribution in [0.3, 0.4) is 0 Å². The number of aromatic carboxylic acids is 1. The smallest absolute Gasteiger partial charge is 0.339 e. The molecule has 0 fully saturated rings. The van der Waals surface area contributed by atoms with E-state index >= 15 is 0 Å². The van der Waals surface area contributed by atoms with Gasteiger partial charge >= 0.3 is 5.97 Å². The molecule has 0 aromatic carbocycles. The van der Waals surface area contributed by atoms with Gasteiger partial charge in [-0.15, -0.1) is 0 Å². The van der Waals surface area contributed by atoms with Crippen LogP contribution in [0.2, 0.25) is 0 Å². The van der Waals surface area contributed by atoms with Crippen LogP contribution in [0.15, 0.2) is 23.9 Å². The van der Waals surface area contributed by atoms with Gasteiger partial charge in [-0.25, -0.2) is 14.2 Å². The average Bonchev–Trinajstić information content (AvgIpc) is 2.84. The first-order valence-corrected chi connectivity index (χ1v) is 5.97. The summed E-state index contributed by atoms with van der Waals surface area (Å²) in [6, 6.07) is 0.979. The first-order valence-electron chi connectivity index (χ1n) is 5.97. The molecular formula is C13H15FN2O2. The molecule has 0 spiro atoms. The maximum Gasteiger partial charge on any atom is 0.339 e. The summed E-state index contributed by atoms with van der Waals surface area (Å²) in [5, 5.41) is 11.9. The molecule has 1 aliphatic rings. The Balaban J connectivity index is 1.98. The maximum absolute atomic E-state index is 12.9. The molecule has 0 unspecified atom stereocenters. The number of carbonyl (C=O) groups is 1. The molecule has 5 heteroatoms. The van der Waals surface area contributed by atoms with Crippen molar-refractivity contribution in [3.05, 3.63) is 35.3 Å². The fourth-order valence-corrected chi connectivity index (χ4v) is 2.05. The van der Waals surface area contributed by atoms with Crippen molar-refractivity contribution >= 4 is 11.8 Å². The van der Waals surface area contributed by atoms with Crippen LogP contribution in [-0.2, 0) is 0 Å². The lowest BCUT2D eigenvalue weighted by molar-refractivity contribution is 0.0697. The Labute approximate surface area is 105 Å². The van der Waals surface area contributed by atoms with Crippen LogP contribution in [0, 0.1) is 5.82 Å². The summed E-state index contributed by atoms with van der Waals surface area (Å²) >= 11 is 0. The van der Waals surface area contributed by atoms with Crippen molar-refractivity contribution in [2.24, 2.45) is 0 Å². The van der Waals surface area contributed by atoms with Crippen LogP contribution < -0.4 is 5.32 Å². The van der Waals surface area contributed by atoms with Gasteiger partial charge in [0.2, 0.25) is 0 Å². The molecule has 96 valence electrons. The topological polar surface area (TPSA) is 62.2 Å². The van der Waals surface area contributed by atoms with Crippen LogP contribution in [0.25, 0.3) is 0 Å². The maximum atomic E-state index is 12.9. The molecule has 2 N–H and O–H groups in total. The molecule has 0 saturated carbocycles. The lowest BCUT2D eigenvalue weighted by Gasteiger charge is -2.08. The van der Waals surface area contributed by atoms with Gasteiger partial charge < -0.3 is 10.4 Å². The minimum absolute atomic E-state index is 0.129. The van der Waals surface area contributed by atoms with Gasteiger partial charge in [-0.1, -0.05) is 11.6 Å². The SMILES string of the molecule is O=C(O)c1cc(F)cnc1NCCC1=CCCC1. The number of rotatable bonds is 5. The second-order valence-electron chi connectivity index (χ2n) is 4.29. The number of carboxylic acid groups (broad SMARTS) is 1. The van der Waals surface area contributed by atoms with Crippen LogP contribution in [-0.4, -0.2) is 22.6 Å². The summed E-state index contributed by atoms with van der Waals surface area (Å²) in [6.45, 7) is 0.616. The molecule has 1 aromatic heterocycles. The number of carboxylic acids is 1. The Hall–Kier alpha value is -1.91. The molecule has 4 nitrogen and oxygen atoms in total. The normalized spacial score (nSPS) is 14.4. The third kappa shape index (κ3) is 3.06. The van der Waals surface area contributed by atoms with Gasteiger partial charge in [0.1, 0.15) is 17.2 Å². The Kier molecular flexibility index (Phi) is 3.92. The minimum Gasteiger partial charge on any atom is -0.478 e. The van der Waals surface area contributed by atoms with Gasteiger partial charge in [0.15, 0.2) is 0 Å². The van der Waals surface area contributed by atoms with Gasteiger partial charge in [-0.05, 0) is 31.7 Å². The monoisotopic (exact) mass is 250 g/mol. The van der Waals surface area contributed by atoms with E-state index in [4.69, 9.17) is 5.11 Å². The van der Waals surface area contributed by atoms with Crippen LogP contribution in [0.4, 0.5) is 10.2 Å². The van der Waals surface area contributed by atoms with E-state index in [1.807, 2.05) is 0 Å². The highest BCUT2D eigenvalue weighted by atomic mass is 19.1. The Bertz CT molecular complexity index is 486. The van der Waals surface area contributed by atoms with E-state index in [2.05, 4.69) is 16.4 Å². The zero-order valence-electron chi connectivity index (χ0n) is 9.95. The molecule has 0 radical (unpaired) electrons. The Morgan fingerprint density at radius 1 is 1.56 bits per heavy atom. The number of nitrogens with zero attached hydrogens (tertiary/aromatic N) is 1. The van der Waals surface area contributed by atoms with E-state index in [0.717, 1.165) is 31.5 Å². The highest BCUT2D eigenvalue weighted by molar-refractivity contribution is 5.93. The molecule has 0 bridgehead atoms. The number of allylic oxidation sites excluding steroid dienone is 1. The van der Waals surface area contributed by atoms with Crippen LogP contribution >= 0.6 is 0 Å². The Morgan fingerprint density at radius 2 is 2.39 bits per heavy atom. The summed E-state index contributed by atoms with van der Waals surface area (Å²) in [4.78, 5) is 14.7. The van der Waals surface area contributed by atoms with Crippen molar-refractivity contribution in [1.82, 2.24) is 4.98 Å². The third-order valence-corrected chi connectivity index (χ3v) is 2.96. The molecule has 0 atom stereocenters. The number of hydrogen-bond acceptors (Lipinski definition) is 3. The second kappa shape index (κ2) is 5.62. The summed E-state index contributed by atoms with van der Waals surface area (Å²) in [6.07, 6.45) is 7.55. The van der Waals surface area contributed by atoms with Gasteiger partial charge in [0.25, 0.3) is 0 Å². The molecule has 0 aliphatic heterocycles. The second-order valence-corrected chi connectivity index (χ2v) is 4.29. The number of nitrogens with one attached hydrogen (secondary N) is 1. The molecule has 1 aromatic rings. The van der Waals surface area contributed by atoms with E-state index < -0.39 is 11.8 Å². The largest absolute Gasteiger partial charge is 0.478 e. The molecule has 18 heavy (non-hydrogen) atoms. The van der Waals surface area contributed by atoms with E-state index in [9.17, 15) is 9.18 Å². The van der Waals surface area contributed by atoms with E-state index in [1.165, 1.54) is 12.0 Å². The number of halogens is 1. The summed E-state index contributed by atoms with van der Waals surface area (Å²) in [7, 11) is 0. The predicted octanol–water partition coefficient (Wildman–Crippen LogP) is 2.83. The lowest BCUT2D eigenvalue weighted by atomic mass is 10.1. The van der Waals surface area contributed by atoms with Crippen LogP contribution in [0.5, 0.6) is 0 Å². The van der Waals surface area contributed by atoms with Crippen molar-refractivity contribution in [1.29, 1.82) is 0 Å². The molecule has 1 aliphatic carbocycles. The average molecular weight is 250 g/mol. The fraction of sp³-hybridized carbons (Fsp3) is 0.385. The zero-order valence-corrected chi connectivity index (χ0v) is 9.95. The van der Waals surface area contributed by atoms with Crippen molar-refractivity contribution in [2.45, 2.75) is 25.7 Å². The molecule has 1 heterocycles. The first-order chi connectivity index (χ1) is 8.66. The van der Waals surface area contributed by atoms with E-state index in [1.54, 1.807) is 0 Å². The Morgan fingerprint density at radius 3 is 3.06 bits per heavy atom. The summed E-state index contributed by atoms with van der Waals surface area (Å²) < 4.78 is 12.9. The van der Waals surface area contributed by atoms with Crippen molar-refractivity contribution in [3.8, 4) is 0 Å². The highest BCUT2D eigenvalue weighted by Crippen LogP contribution is 2.21. The first kappa shape index (κ1) is 12.5. The molecule has 0 saturated heterocycles. The molecular weight excluding hydrogens is 235 g/mol. The standard InChI is InChI=1S/C13H15FN2O2/c14-10-7-11(13(17)18)12(16-8-10)15-6-5-9-3-1-2-4-9/h3,7-8H,1-2,4-6H2,(H,15,16)(H,17,18). The predicted molar refractivity (Wildman–Crippen MR) is 66.2 cm³/mol. The zero-order chi connectivity index (χ0) is 13.0. The number of aromatic nitrogens is 1. The van der Waals surface area contributed by atoms with Gasteiger partial charge in [0.05, 0.1) is 6.20 Å². The fourth-order valence-electron chi connectivity index (χ4n) is 2.05. The summed E-state index contributed by atoms with van der Waals surface area (Å²) in [5.41, 5.74) is 1.26. The molecule has 0 amide bonds. The van der Waals surface area contributed by atoms with Crippen molar-refractivity contribution < 1.29 is 14.3 Å². The minimum atomic E-state index is -1.18. The van der Waals surface area contributed by atoms with Crippen molar-refractivity contribution in [2.75, 3.05) is 11.9 Å². The molecule has 2 rings (SSSR count). The van der Waals surface area contributed by atoms with Gasteiger partial charge in [0, 0.05) is 6.54 Å². The number of anilines is 1. The summed E-state index contributed by atoms with van der Waals surface area (Å²) in [5.74, 6) is -1.59. The number of hydrogen-bond donors (Lipinski definition) is 2. The van der Waals surface area contributed by atoms with E-state index in [0.29, 0.717) is 6.54 Å².